The van der Waals surface area contributed by atoms with Crippen molar-refractivity contribution < 1.29 is 0 Å². The van der Waals surface area contributed by atoms with Gasteiger partial charge in [-0.05, 0) is 18.9 Å². The maximum absolute atomic E-state index is 5.71. The largest absolute Gasteiger partial charge is 0.329 e. The van der Waals surface area contributed by atoms with Gasteiger partial charge in [-0.15, -0.1) is 36.2 Å². The molecule has 1 heterocycles. The second-order valence-corrected chi connectivity index (χ2v) is 5.60. The van der Waals surface area contributed by atoms with E-state index >= 15 is 0 Å². The highest BCUT2D eigenvalue weighted by Gasteiger charge is 2.07. The topological polar surface area (TPSA) is 42.2 Å². The summed E-state index contributed by atoms with van der Waals surface area (Å²) < 4.78 is 0. The van der Waals surface area contributed by atoms with Crippen LogP contribution in [-0.2, 0) is 13.0 Å². The van der Waals surface area contributed by atoms with Gasteiger partial charge in [-0.3, -0.25) is 4.90 Å². The van der Waals surface area contributed by atoms with Gasteiger partial charge in [0.1, 0.15) is 0 Å². The molecular weight excluding hydrogens is 325 g/mol. The van der Waals surface area contributed by atoms with Gasteiger partial charge in [-0.1, -0.05) is 30.3 Å². The van der Waals surface area contributed by atoms with Crippen LogP contribution in [0.1, 0.15) is 16.1 Å². The highest BCUT2D eigenvalue weighted by molar-refractivity contribution is 7.09. The number of hydrogen-bond donors (Lipinski definition) is 1. The lowest BCUT2D eigenvalue weighted by molar-refractivity contribution is 0.277. The Bertz CT molecular complexity index is 491. The van der Waals surface area contributed by atoms with Crippen LogP contribution in [-0.4, -0.2) is 29.5 Å². The average molecular weight is 348 g/mol. The third-order valence-electron chi connectivity index (χ3n) is 3.19. The summed E-state index contributed by atoms with van der Waals surface area (Å²) in [5.74, 6) is 0. The lowest BCUT2D eigenvalue weighted by atomic mass is 10.2. The van der Waals surface area contributed by atoms with Crippen LogP contribution in [0.2, 0.25) is 0 Å². The van der Waals surface area contributed by atoms with Crippen molar-refractivity contribution in [1.29, 1.82) is 0 Å². The molecule has 3 nitrogen and oxygen atoms in total. The zero-order valence-corrected chi connectivity index (χ0v) is 14.6. The van der Waals surface area contributed by atoms with E-state index in [9.17, 15) is 0 Å². The molecule has 1 aromatic heterocycles. The van der Waals surface area contributed by atoms with Gasteiger partial charge < -0.3 is 5.73 Å². The first-order valence-electron chi connectivity index (χ1n) is 6.65. The zero-order chi connectivity index (χ0) is 13.5. The van der Waals surface area contributed by atoms with Crippen molar-refractivity contribution in [1.82, 2.24) is 9.88 Å². The van der Waals surface area contributed by atoms with E-state index in [2.05, 4.69) is 47.1 Å². The van der Waals surface area contributed by atoms with Gasteiger partial charge in [0, 0.05) is 31.1 Å². The van der Waals surface area contributed by atoms with Crippen molar-refractivity contribution in [2.75, 3.05) is 19.6 Å². The van der Waals surface area contributed by atoms with Crippen LogP contribution in [0.25, 0.3) is 0 Å². The number of rotatable bonds is 7. The minimum absolute atomic E-state index is 0. The molecule has 1 aromatic carbocycles. The molecule has 118 valence electrons. The van der Waals surface area contributed by atoms with Crippen LogP contribution in [0, 0.1) is 6.92 Å². The standard InChI is InChI=1S/C15H21N3S.2ClH/c1-13-15(19-12-17-13)7-9-18(10-8-16)11-14-5-3-2-4-6-14;;/h2-6,12H,7-11,16H2,1H3;2*1H. The summed E-state index contributed by atoms with van der Waals surface area (Å²) in [5.41, 5.74) is 10.1. The number of aromatic nitrogens is 1. The van der Waals surface area contributed by atoms with Crippen molar-refractivity contribution in [3.63, 3.8) is 0 Å². The summed E-state index contributed by atoms with van der Waals surface area (Å²) in [4.78, 5) is 8.10. The fraction of sp³-hybridized carbons (Fsp3) is 0.400. The van der Waals surface area contributed by atoms with Crippen molar-refractivity contribution in [2.24, 2.45) is 5.73 Å². The molecule has 0 radical (unpaired) electrons. The van der Waals surface area contributed by atoms with Crippen molar-refractivity contribution in [3.05, 3.63) is 52.0 Å². The highest BCUT2D eigenvalue weighted by Crippen LogP contribution is 2.14. The molecule has 2 aromatic rings. The molecule has 0 aliphatic carbocycles. The first-order valence-corrected chi connectivity index (χ1v) is 7.53. The minimum Gasteiger partial charge on any atom is -0.329 e. The average Bonchev–Trinajstić information content (AvgIpc) is 2.83. The Balaban J connectivity index is 0.00000200. The van der Waals surface area contributed by atoms with Gasteiger partial charge in [0.2, 0.25) is 0 Å². The van der Waals surface area contributed by atoms with E-state index in [1.807, 2.05) is 5.51 Å². The predicted octanol–water partition coefficient (Wildman–Crippen LogP) is 3.30. The van der Waals surface area contributed by atoms with Crippen LogP contribution < -0.4 is 5.73 Å². The number of nitrogens with two attached hydrogens (primary N) is 1. The summed E-state index contributed by atoms with van der Waals surface area (Å²) in [6, 6.07) is 10.6. The molecule has 0 unspecified atom stereocenters. The number of nitrogens with zero attached hydrogens (tertiary/aromatic N) is 2. The first kappa shape index (κ1) is 20.3. The number of thiazole rings is 1. The first-order chi connectivity index (χ1) is 9.29. The van der Waals surface area contributed by atoms with Gasteiger partial charge in [-0.25, -0.2) is 4.98 Å². The predicted molar refractivity (Wildman–Crippen MR) is 95.8 cm³/mol. The molecule has 0 fully saturated rings. The second-order valence-electron chi connectivity index (χ2n) is 4.66. The van der Waals surface area contributed by atoms with E-state index in [-0.39, 0.29) is 24.8 Å². The number of aryl methyl sites for hydroxylation is 1. The third-order valence-corrected chi connectivity index (χ3v) is 4.19. The lowest BCUT2D eigenvalue weighted by Gasteiger charge is -2.21. The fourth-order valence-corrected chi connectivity index (χ4v) is 2.89. The van der Waals surface area contributed by atoms with Crippen LogP contribution in [0.5, 0.6) is 0 Å². The van der Waals surface area contributed by atoms with Crippen LogP contribution >= 0.6 is 36.2 Å². The molecule has 0 bridgehead atoms. The van der Waals surface area contributed by atoms with Crippen molar-refractivity contribution in [3.8, 4) is 0 Å². The summed E-state index contributed by atoms with van der Waals surface area (Å²) in [6.45, 7) is 5.72. The number of halogens is 2. The Kier molecular flexibility index (Phi) is 10.6. The third kappa shape index (κ3) is 6.76. The van der Waals surface area contributed by atoms with Crippen LogP contribution in [0.15, 0.2) is 35.8 Å². The van der Waals surface area contributed by atoms with E-state index < -0.39 is 0 Å². The molecule has 2 N–H and O–H groups in total. The van der Waals surface area contributed by atoms with Gasteiger partial charge >= 0.3 is 0 Å². The van der Waals surface area contributed by atoms with Gasteiger partial charge in [0.05, 0.1) is 11.2 Å². The molecule has 0 spiro atoms. The lowest BCUT2D eigenvalue weighted by Crippen LogP contribution is -2.31. The Hall–Kier alpha value is -0.650. The van der Waals surface area contributed by atoms with Gasteiger partial charge in [-0.2, -0.15) is 0 Å². The van der Waals surface area contributed by atoms with Gasteiger partial charge in [0.25, 0.3) is 0 Å². The van der Waals surface area contributed by atoms with Crippen LogP contribution in [0.3, 0.4) is 0 Å². The molecular formula is C15H23Cl2N3S. The molecule has 0 saturated heterocycles. The normalized spacial score (nSPS) is 10.0. The van der Waals surface area contributed by atoms with E-state index in [4.69, 9.17) is 5.73 Å². The SMILES string of the molecule is Cc1ncsc1CCN(CCN)Cc1ccccc1.Cl.Cl. The Labute approximate surface area is 143 Å². The molecule has 21 heavy (non-hydrogen) atoms. The fourth-order valence-electron chi connectivity index (χ4n) is 2.12. The van der Waals surface area contributed by atoms with E-state index in [1.54, 1.807) is 11.3 Å². The van der Waals surface area contributed by atoms with Crippen molar-refractivity contribution >= 4 is 36.2 Å². The van der Waals surface area contributed by atoms with E-state index in [0.717, 1.165) is 31.7 Å². The maximum Gasteiger partial charge on any atom is 0.0797 e. The Morgan fingerprint density at radius 1 is 1.14 bits per heavy atom. The summed E-state index contributed by atoms with van der Waals surface area (Å²) in [6.07, 6.45) is 1.06. The monoisotopic (exact) mass is 347 g/mol. The smallest absolute Gasteiger partial charge is 0.0797 e. The zero-order valence-electron chi connectivity index (χ0n) is 12.2. The summed E-state index contributed by atoms with van der Waals surface area (Å²) in [7, 11) is 0. The second kappa shape index (κ2) is 11.0. The van der Waals surface area contributed by atoms with E-state index in [0.29, 0.717) is 6.54 Å². The summed E-state index contributed by atoms with van der Waals surface area (Å²) in [5, 5.41) is 0. The molecule has 0 saturated carbocycles. The quantitative estimate of drug-likeness (QED) is 0.835. The highest BCUT2D eigenvalue weighted by atomic mass is 35.5. The molecule has 0 aliphatic rings. The minimum atomic E-state index is 0. The van der Waals surface area contributed by atoms with Gasteiger partial charge in [0.15, 0.2) is 0 Å². The van der Waals surface area contributed by atoms with Crippen molar-refractivity contribution in [2.45, 2.75) is 19.9 Å². The number of benzene rings is 1. The number of hydrogen-bond acceptors (Lipinski definition) is 4. The molecule has 0 amide bonds. The Morgan fingerprint density at radius 3 is 2.43 bits per heavy atom. The molecule has 2 rings (SSSR count). The Morgan fingerprint density at radius 2 is 1.86 bits per heavy atom. The molecule has 0 atom stereocenters. The van der Waals surface area contributed by atoms with Crippen LogP contribution in [0.4, 0.5) is 0 Å². The summed E-state index contributed by atoms with van der Waals surface area (Å²) >= 11 is 1.75. The molecule has 0 aliphatic heterocycles. The van der Waals surface area contributed by atoms with E-state index in [1.165, 1.54) is 10.4 Å². The maximum atomic E-state index is 5.71. The molecule has 6 heteroatoms.